The Balaban J connectivity index is 1.80. The number of carbonyl (C=O) groups excluding carboxylic acids is 2. The van der Waals surface area contributed by atoms with Crippen molar-refractivity contribution in [3.63, 3.8) is 0 Å². The fourth-order valence-electron chi connectivity index (χ4n) is 4.92. The van der Waals surface area contributed by atoms with Crippen LogP contribution in [0.15, 0.2) is 35.5 Å². The third kappa shape index (κ3) is 2.38. The van der Waals surface area contributed by atoms with Gasteiger partial charge < -0.3 is 24.4 Å². The number of epoxide rings is 1. The van der Waals surface area contributed by atoms with Crippen LogP contribution in [0.5, 0.6) is 0 Å². The van der Waals surface area contributed by atoms with E-state index in [0.29, 0.717) is 17.8 Å². The Bertz CT molecular complexity index is 790. The monoisotopic (exact) mass is 376 g/mol. The van der Waals surface area contributed by atoms with Crippen LogP contribution in [0.2, 0.25) is 0 Å². The van der Waals surface area contributed by atoms with Crippen molar-refractivity contribution < 1.29 is 34.0 Å². The first-order chi connectivity index (χ1) is 12.7. The molecule has 0 aromatic heterocycles. The zero-order valence-electron chi connectivity index (χ0n) is 15.6. The SMILES string of the molecule is C=C1C(=O)OC2C1C(OC(=O)/C(C)=C/C)CC1(CO1)C1C(O)C=C(C)C21O. The quantitative estimate of drug-likeness (QED) is 0.318. The second-order valence-electron chi connectivity index (χ2n) is 7.99. The summed E-state index contributed by atoms with van der Waals surface area (Å²) in [7, 11) is 0. The summed E-state index contributed by atoms with van der Waals surface area (Å²) < 4.78 is 16.9. The van der Waals surface area contributed by atoms with E-state index in [1.54, 1.807) is 32.9 Å². The van der Waals surface area contributed by atoms with E-state index in [1.165, 1.54) is 0 Å². The Labute approximate surface area is 157 Å². The standard InChI is InChI=1S/C20H24O7/c1-5-9(2)17(22)26-13-7-19(8-25-19)15-12(21)6-10(3)20(15,24)16-14(13)11(4)18(23)27-16/h5-6,12-16,21,24H,4,7-8H2,1-3H3/b9-5+. The van der Waals surface area contributed by atoms with Gasteiger partial charge in [-0.1, -0.05) is 18.7 Å². The summed E-state index contributed by atoms with van der Waals surface area (Å²) >= 11 is 0. The van der Waals surface area contributed by atoms with Gasteiger partial charge in [-0.15, -0.1) is 0 Å². The van der Waals surface area contributed by atoms with E-state index in [9.17, 15) is 19.8 Å². The summed E-state index contributed by atoms with van der Waals surface area (Å²) in [6, 6.07) is 0. The number of hydrogen-bond donors (Lipinski definition) is 2. The maximum atomic E-state index is 12.4. The molecule has 2 saturated heterocycles. The van der Waals surface area contributed by atoms with E-state index in [2.05, 4.69) is 6.58 Å². The molecule has 2 heterocycles. The molecule has 4 aliphatic rings. The Hall–Kier alpha value is -1.96. The summed E-state index contributed by atoms with van der Waals surface area (Å²) in [6.07, 6.45) is 0.770. The van der Waals surface area contributed by atoms with Gasteiger partial charge >= 0.3 is 11.9 Å². The molecule has 0 radical (unpaired) electrons. The molecule has 4 rings (SSSR count). The van der Waals surface area contributed by atoms with E-state index in [-0.39, 0.29) is 12.0 Å². The predicted molar refractivity (Wildman–Crippen MR) is 93.3 cm³/mol. The Morgan fingerprint density at radius 2 is 2.15 bits per heavy atom. The molecule has 0 aromatic rings. The highest BCUT2D eigenvalue weighted by Gasteiger charge is 2.73. The highest BCUT2D eigenvalue weighted by atomic mass is 16.6. The van der Waals surface area contributed by atoms with Crippen molar-refractivity contribution >= 4 is 11.9 Å². The lowest BCUT2D eigenvalue weighted by atomic mass is 9.73. The van der Waals surface area contributed by atoms with Gasteiger partial charge in [0.2, 0.25) is 0 Å². The molecule has 3 fully saturated rings. The van der Waals surface area contributed by atoms with Crippen LogP contribution in [0.3, 0.4) is 0 Å². The third-order valence-electron chi connectivity index (χ3n) is 6.57. The largest absolute Gasteiger partial charge is 0.458 e. The second-order valence-corrected chi connectivity index (χ2v) is 7.99. The zero-order chi connectivity index (χ0) is 19.7. The summed E-state index contributed by atoms with van der Waals surface area (Å²) in [5.74, 6) is -2.54. The molecule has 0 aromatic carbocycles. The van der Waals surface area contributed by atoms with Gasteiger partial charge in [-0.05, 0) is 26.3 Å². The average molecular weight is 376 g/mol. The van der Waals surface area contributed by atoms with Crippen LogP contribution in [0.25, 0.3) is 0 Å². The first-order valence-corrected chi connectivity index (χ1v) is 9.12. The molecule has 7 atom stereocenters. The predicted octanol–water partition coefficient (Wildman–Crippen LogP) is 0.803. The van der Waals surface area contributed by atoms with Crippen LogP contribution < -0.4 is 0 Å². The van der Waals surface area contributed by atoms with E-state index in [1.807, 2.05) is 0 Å². The molecular weight excluding hydrogens is 352 g/mol. The molecule has 7 heteroatoms. The first-order valence-electron chi connectivity index (χ1n) is 9.12. The summed E-state index contributed by atoms with van der Waals surface area (Å²) in [6.45, 7) is 9.23. The molecular formula is C20H24O7. The fourth-order valence-corrected chi connectivity index (χ4v) is 4.92. The maximum Gasteiger partial charge on any atom is 0.334 e. The molecule has 0 bridgehead atoms. The molecule has 146 valence electrons. The number of allylic oxidation sites excluding steroid dienone is 1. The number of hydrogen-bond acceptors (Lipinski definition) is 7. The van der Waals surface area contributed by atoms with Crippen molar-refractivity contribution in [2.24, 2.45) is 11.8 Å². The third-order valence-corrected chi connectivity index (χ3v) is 6.57. The highest BCUT2D eigenvalue weighted by molar-refractivity contribution is 5.92. The Morgan fingerprint density at radius 1 is 1.48 bits per heavy atom. The average Bonchev–Trinajstić information content (AvgIpc) is 3.26. The van der Waals surface area contributed by atoms with Gasteiger partial charge in [0.15, 0.2) is 0 Å². The molecule has 0 amide bonds. The molecule has 1 spiro atoms. The van der Waals surface area contributed by atoms with Crippen LogP contribution in [-0.2, 0) is 23.8 Å². The summed E-state index contributed by atoms with van der Waals surface area (Å²) in [5.41, 5.74) is -1.33. The lowest BCUT2D eigenvalue weighted by Gasteiger charge is -2.39. The number of esters is 2. The highest BCUT2D eigenvalue weighted by Crippen LogP contribution is 2.59. The van der Waals surface area contributed by atoms with E-state index < -0.39 is 53.3 Å². The van der Waals surface area contributed by atoms with Gasteiger partial charge in [-0.3, -0.25) is 0 Å². The van der Waals surface area contributed by atoms with Gasteiger partial charge in [-0.25, -0.2) is 9.59 Å². The van der Waals surface area contributed by atoms with Crippen LogP contribution in [0, 0.1) is 11.8 Å². The minimum Gasteiger partial charge on any atom is -0.458 e. The Kier molecular flexibility index (Phi) is 3.93. The van der Waals surface area contributed by atoms with Crippen LogP contribution in [0.1, 0.15) is 27.2 Å². The van der Waals surface area contributed by atoms with Crippen LogP contribution in [0.4, 0.5) is 0 Å². The number of ether oxygens (including phenoxy) is 3. The zero-order valence-corrected chi connectivity index (χ0v) is 15.6. The van der Waals surface area contributed by atoms with Gasteiger partial charge in [0, 0.05) is 17.6 Å². The van der Waals surface area contributed by atoms with Crippen molar-refractivity contribution in [1.29, 1.82) is 0 Å². The van der Waals surface area contributed by atoms with Gasteiger partial charge in [0.05, 0.1) is 24.5 Å². The fraction of sp³-hybridized carbons (Fsp3) is 0.600. The number of aliphatic hydroxyl groups excluding tert-OH is 1. The van der Waals surface area contributed by atoms with Crippen molar-refractivity contribution in [2.45, 2.75) is 56.7 Å². The van der Waals surface area contributed by atoms with Gasteiger partial charge in [-0.2, -0.15) is 0 Å². The minimum atomic E-state index is -1.60. The normalized spacial score (nSPS) is 45.7. The molecule has 2 N–H and O–H groups in total. The second kappa shape index (κ2) is 5.77. The molecule has 27 heavy (non-hydrogen) atoms. The molecule has 1 saturated carbocycles. The number of aliphatic hydroxyl groups is 2. The topological polar surface area (TPSA) is 106 Å². The van der Waals surface area contributed by atoms with Gasteiger partial charge in [0.25, 0.3) is 0 Å². The van der Waals surface area contributed by atoms with Gasteiger partial charge in [0.1, 0.15) is 23.4 Å². The lowest BCUT2D eigenvalue weighted by molar-refractivity contribution is -0.162. The molecule has 2 aliphatic carbocycles. The van der Waals surface area contributed by atoms with E-state index >= 15 is 0 Å². The number of carbonyl (C=O) groups is 2. The minimum absolute atomic E-state index is 0.162. The lowest BCUT2D eigenvalue weighted by Crippen LogP contribution is -2.55. The van der Waals surface area contributed by atoms with Crippen LogP contribution >= 0.6 is 0 Å². The van der Waals surface area contributed by atoms with Crippen molar-refractivity contribution in [2.75, 3.05) is 6.61 Å². The molecule has 7 unspecified atom stereocenters. The van der Waals surface area contributed by atoms with E-state index in [0.717, 1.165) is 0 Å². The van der Waals surface area contributed by atoms with Crippen molar-refractivity contribution in [3.05, 3.63) is 35.5 Å². The Morgan fingerprint density at radius 3 is 2.74 bits per heavy atom. The van der Waals surface area contributed by atoms with E-state index in [4.69, 9.17) is 14.2 Å². The summed E-state index contributed by atoms with van der Waals surface area (Å²) in [5, 5.41) is 22.3. The molecule has 7 nitrogen and oxygen atoms in total. The number of rotatable bonds is 2. The first kappa shape index (κ1) is 18.4. The smallest absolute Gasteiger partial charge is 0.334 e. The van der Waals surface area contributed by atoms with Crippen molar-refractivity contribution in [3.8, 4) is 0 Å². The maximum absolute atomic E-state index is 12.4. The molecule has 2 aliphatic heterocycles. The van der Waals surface area contributed by atoms with Crippen LogP contribution in [-0.4, -0.2) is 58.3 Å². The summed E-state index contributed by atoms with van der Waals surface area (Å²) in [4.78, 5) is 24.7. The number of fused-ring (bicyclic) bond motifs is 4. The van der Waals surface area contributed by atoms with Crippen molar-refractivity contribution in [1.82, 2.24) is 0 Å².